The molecule has 0 amide bonds. The molecule has 0 aromatic heterocycles. The van der Waals surface area contributed by atoms with E-state index in [1.807, 2.05) is 0 Å². The second kappa shape index (κ2) is 8.98. The van der Waals surface area contributed by atoms with Crippen molar-refractivity contribution in [3.63, 3.8) is 0 Å². The van der Waals surface area contributed by atoms with Gasteiger partial charge in [0.2, 0.25) is 0 Å². The van der Waals surface area contributed by atoms with Crippen LogP contribution in [0.2, 0.25) is 0 Å². The van der Waals surface area contributed by atoms with E-state index in [4.69, 9.17) is 9.47 Å². The first-order chi connectivity index (χ1) is 15.3. The molecule has 6 heteroatoms. The molecular weight excluding hydrogens is 408 g/mol. The standard InChI is InChI=1S/C26H40O6/c1-16(7-10-23(29)30)18-8-9-19-24-20(13-22(32-15-28)26(18,19)3)25(2)11-5-4-6-17(25)12-21(24)31-14-27/h14-22,24H,4-13H2,1-3H3,(H,29,30)/t16-,17+,18?,19+,20+,21-,22+,24+,25+,26-/m1/s1. The van der Waals surface area contributed by atoms with Crippen molar-refractivity contribution >= 4 is 18.9 Å². The fraction of sp³-hybridized carbons (Fsp3) is 0.885. The van der Waals surface area contributed by atoms with E-state index in [0.717, 1.165) is 25.7 Å². The Morgan fingerprint density at radius 3 is 2.50 bits per heavy atom. The van der Waals surface area contributed by atoms with E-state index in [-0.39, 0.29) is 41.3 Å². The van der Waals surface area contributed by atoms with Crippen LogP contribution in [-0.4, -0.2) is 36.2 Å². The second-order valence-corrected chi connectivity index (χ2v) is 11.7. The topological polar surface area (TPSA) is 89.9 Å². The van der Waals surface area contributed by atoms with Gasteiger partial charge in [-0.05, 0) is 80.0 Å². The lowest BCUT2D eigenvalue weighted by Gasteiger charge is -2.63. The van der Waals surface area contributed by atoms with Crippen LogP contribution in [0.3, 0.4) is 0 Å². The van der Waals surface area contributed by atoms with Gasteiger partial charge in [-0.3, -0.25) is 14.4 Å². The molecule has 0 aromatic carbocycles. The molecule has 4 aliphatic carbocycles. The molecule has 180 valence electrons. The number of carbonyl (C=O) groups excluding carboxylic acids is 2. The van der Waals surface area contributed by atoms with Crippen LogP contribution in [-0.2, 0) is 23.9 Å². The van der Waals surface area contributed by atoms with E-state index < -0.39 is 5.97 Å². The molecule has 4 fully saturated rings. The van der Waals surface area contributed by atoms with Crippen molar-refractivity contribution in [2.75, 3.05) is 0 Å². The summed E-state index contributed by atoms with van der Waals surface area (Å²) in [4.78, 5) is 34.3. The molecule has 6 nitrogen and oxygen atoms in total. The normalized spacial score (nSPS) is 46.2. The number of fused-ring (bicyclic) bond motifs is 5. The van der Waals surface area contributed by atoms with Gasteiger partial charge in [-0.2, -0.15) is 0 Å². The minimum atomic E-state index is -0.760. The van der Waals surface area contributed by atoms with Gasteiger partial charge in [-0.15, -0.1) is 0 Å². The highest BCUT2D eigenvalue weighted by Gasteiger charge is 2.66. The molecule has 1 N–H and O–H groups in total. The van der Waals surface area contributed by atoms with E-state index in [9.17, 15) is 19.5 Å². The number of carboxylic acids is 1. The Hall–Kier alpha value is -1.59. The molecule has 0 aliphatic heterocycles. The summed E-state index contributed by atoms with van der Waals surface area (Å²) in [6.07, 6.45) is 9.25. The molecule has 32 heavy (non-hydrogen) atoms. The first kappa shape index (κ1) is 23.6. The van der Waals surface area contributed by atoms with Gasteiger partial charge >= 0.3 is 5.97 Å². The van der Waals surface area contributed by atoms with Crippen molar-refractivity contribution in [2.45, 2.75) is 97.2 Å². The van der Waals surface area contributed by atoms with Crippen molar-refractivity contribution in [3.05, 3.63) is 0 Å². The van der Waals surface area contributed by atoms with Crippen molar-refractivity contribution in [1.29, 1.82) is 0 Å². The highest BCUT2D eigenvalue weighted by molar-refractivity contribution is 5.66. The van der Waals surface area contributed by atoms with Crippen LogP contribution in [0.5, 0.6) is 0 Å². The summed E-state index contributed by atoms with van der Waals surface area (Å²) < 4.78 is 11.7. The highest BCUT2D eigenvalue weighted by atomic mass is 16.5. The van der Waals surface area contributed by atoms with Crippen LogP contribution in [0, 0.1) is 46.3 Å². The van der Waals surface area contributed by atoms with Crippen LogP contribution < -0.4 is 0 Å². The molecule has 0 saturated heterocycles. The molecule has 4 aliphatic rings. The van der Waals surface area contributed by atoms with Crippen LogP contribution in [0.4, 0.5) is 0 Å². The lowest BCUT2D eigenvalue weighted by atomic mass is 9.43. The van der Waals surface area contributed by atoms with Crippen molar-refractivity contribution in [1.82, 2.24) is 0 Å². The molecule has 0 bridgehead atoms. The number of carboxylic acid groups (broad SMARTS) is 1. The Balaban J connectivity index is 1.70. The molecule has 0 radical (unpaired) electrons. The number of ether oxygens (including phenoxy) is 2. The maximum Gasteiger partial charge on any atom is 0.303 e. The van der Waals surface area contributed by atoms with E-state index >= 15 is 0 Å². The third kappa shape index (κ3) is 3.66. The van der Waals surface area contributed by atoms with E-state index in [1.54, 1.807) is 0 Å². The Bertz CT molecular complexity index is 723. The van der Waals surface area contributed by atoms with Crippen molar-refractivity contribution < 1.29 is 29.0 Å². The minimum Gasteiger partial charge on any atom is -0.481 e. The summed E-state index contributed by atoms with van der Waals surface area (Å²) in [5.41, 5.74) is -0.0210. The van der Waals surface area contributed by atoms with Gasteiger partial charge in [0.15, 0.2) is 0 Å². The zero-order chi connectivity index (χ0) is 23.1. The Kier molecular flexibility index (Phi) is 6.61. The molecule has 10 atom stereocenters. The third-order valence-electron chi connectivity index (χ3n) is 10.7. The summed E-state index contributed by atoms with van der Waals surface area (Å²) in [5, 5.41) is 9.20. The average Bonchev–Trinajstić information content (AvgIpc) is 3.11. The SMILES string of the molecule is C[C@H](CCC(=O)O)C1CC[C@H]2[C@@H]3[C@H](OC=O)C[C@@H]4CCCC[C@]4(C)[C@H]3C[C@H](OC=O)[C@]12C. The van der Waals surface area contributed by atoms with Gasteiger partial charge in [0.1, 0.15) is 12.2 Å². The number of hydrogen-bond acceptors (Lipinski definition) is 5. The highest BCUT2D eigenvalue weighted by Crippen LogP contribution is 2.69. The van der Waals surface area contributed by atoms with Crippen LogP contribution in [0.1, 0.15) is 85.0 Å². The summed E-state index contributed by atoms with van der Waals surface area (Å²) in [7, 11) is 0. The molecule has 0 spiro atoms. The lowest BCUT2D eigenvalue weighted by Crippen LogP contribution is -2.62. The summed E-state index contributed by atoms with van der Waals surface area (Å²) in [5.74, 6) is 1.30. The van der Waals surface area contributed by atoms with Crippen molar-refractivity contribution in [2.24, 2.45) is 46.3 Å². The number of carbonyl (C=O) groups is 3. The Morgan fingerprint density at radius 2 is 1.81 bits per heavy atom. The van der Waals surface area contributed by atoms with Gasteiger partial charge in [-0.25, -0.2) is 0 Å². The van der Waals surface area contributed by atoms with Crippen LogP contribution in [0.25, 0.3) is 0 Å². The first-order valence-corrected chi connectivity index (χ1v) is 12.7. The number of rotatable bonds is 8. The fourth-order valence-corrected chi connectivity index (χ4v) is 9.17. The second-order valence-electron chi connectivity index (χ2n) is 11.7. The average molecular weight is 449 g/mol. The molecular formula is C26H40O6. The fourth-order valence-electron chi connectivity index (χ4n) is 9.17. The molecule has 0 heterocycles. The lowest BCUT2D eigenvalue weighted by molar-refractivity contribution is -0.213. The molecule has 4 saturated carbocycles. The molecule has 4 rings (SSSR count). The predicted octanol–water partition coefficient (Wildman–Crippen LogP) is 4.84. The minimum absolute atomic E-state index is 0.0664. The first-order valence-electron chi connectivity index (χ1n) is 12.7. The zero-order valence-corrected chi connectivity index (χ0v) is 19.8. The molecule has 1 unspecified atom stereocenters. The largest absolute Gasteiger partial charge is 0.481 e. The summed E-state index contributed by atoms with van der Waals surface area (Å²) in [6, 6.07) is 0. The van der Waals surface area contributed by atoms with E-state index in [1.165, 1.54) is 25.7 Å². The van der Waals surface area contributed by atoms with Crippen LogP contribution >= 0.6 is 0 Å². The maximum atomic E-state index is 11.6. The summed E-state index contributed by atoms with van der Waals surface area (Å²) >= 11 is 0. The van der Waals surface area contributed by atoms with Gasteiger partial charge in [0.25, 0.3) is 12.9 Å². The van der Waals surface area contributed by atoms with Crippen molar-refractivity contribution in [3.8, 4) is 0 Å². The quantitative estimate of drug-likeness (QED) is 0.535. The van der Waals surface area contributed by atoms with E-state index in [2.05, 4.69) is 20.8 Å². The van der Waals surface area contributed by atoms with Crippen LogP contribution in [0.15, 0.2) is 0 Å². The van der Waals surface area contributed by atoms with E-state index in [0.29, 0.717) is 43.0 Å². The van der Waals surface area contributed by atoms with Gasteiger partial charge in [-0.1, -0.05) is 33.6 Å². The zero-order valence-electron chi connectivity index (χ0n) is 19.8. The maximum absolute atomic E-state index is 11.6. The molecule has 0 aromatic rings. The summed E-state index contributed by atoms with van der Waals surface area (Å²) in [6.45, 7) is 8.12. The number of aliphatic carboxylic acids is 1. The smallest absolute Gasteiger partial charge is 0.303 e. The van der Waals surface area contributed by atoms with Gasteiger partial charge in [0.05, 0.1) is 0 Å². The Labute approximate surface area is 191 Å². The van der Waals surface area contributed by atoms with Gasteiger partial charge in [0, 0.05) is 17.8 Å². The number of hydrogen-bond donors (Lipinski definition) is 1. The van der Waals surface area contributed by atoms with Gasteiger partial charge < -0.3 is 14.6 Å². The Morgan fingerprint density at radius 1 is 1.06 bits per heavy atom. The monoisotopic (exact) mass is 448 g/mol. The third-order valence-corrected chi connectivity index (χ3v) is 10.7. The predicted molar refractivity (Wildman–Crippen MR) is 119 cm³/mol.